The second-order valence-corrected chi connectivity index (χ2v) is 3.33. The van der Waals surface area contributed by atoms with Crippen LogP contribution in [0.4, 0.5) is 0 Å². The van der Waals surface area contributed by atoms with Gasteiger partial charge in [0.05, 0.1) is 7.11 Å². The van der Waals surface area contributed by atoms with E-state index in [0.717, 1.165) is 11.4 Å². The first-order valence-electron chi connectivity index (χ1n) is 4.55. The van der Waals surface area contributed by atoms with E-state index in [2.05, 4.69) is 10.2 Å². The molecule has 0 radical (unpaired) electrons. The molecule has 1 atom stereocenters. The third kappa shape index (κ3) is 2.07. The topological polar surface area (TPSA) is 43.3 Å². The molecule has 1 N–H and O–H groups in total. The molecule has 0 saturated carbocycles. The lowest BCUT2D eigenvalue weighted by Gasteiger charge is -2.17. The molecule has 78 valence electrons. The summed E-state index contributed by atoms with van der Waals surface area (Å²) in [4.78, 5) is 11.2. The zero-order valence-electron chi connectivity index (χ0n) is 9.00. The van der Waals surface area contributed by atoms with E-state index < -0.39 is 0 Å². The minimum absolute atomic E-state index is 0.266. The lowest BCUT2D eigenvalue weighted by atomic mass is 10.4. The molecule has 0 saturated heterocycles. The van der Waals surface area contributed by atoms with E-state index in [9.17, 15) is 4.79 Å². The summed E-state index contributed by atoms with van der Waals surface area (Å²) in [6.45, 7) is 5.72. The van der Waals surface area contributed by atoms with Gasteiger partial charge in [0.15, 0.2) is 0 Å². The first-order chi connectivity index (χ1) is 6.56. The van der Waals surface area contributed by atoms with Crippen LogP contribution in [0.2, 0.25) is 0 Å². The monoisotopic (exact) mass is 196 g/mol. The molecular weight excluding hydrogens is 180 g/mol. The SMILES string of the molecule is COC(=O)C(C)Nn1c(C)ccc1C. The van der Waals surface area contributed by atoms with Crippen molar-refractivity contribution in [2.24, 2.45) is 0 Å². The van der Waals surface area contributed by atoms with E-state index in [1.807, 2.05) is 30.7 Å². The highest BCUT2D eigenvalue weighted by atomic mass is 16.5. The number of aryl methyl sites for hydroxylation is 2. The predicted octanol–water partition coefficient (Wildman–Crippen LogP) is 1.21. The number of aromatic nitrogens is 1. The Morgan fingerprint density at radius 1 is 1.43 bits per heavy atom. The molecule has 0 fully saturated rings. The van der Waals surface area contributed by atoms with Crippen molar-refractivity contribution in [3.63, 3.8) is 0 Å². The normalized spacial score (nSPS) is 12.3. The minimum Gasteiger partial charge on any atom is -0.467 e. The van der Waals surface area contributed by atoms with Crippen LogP contribution in [0, 0.1) is 13.8 Å². The van der Waals surface area contributed by atoms with Crippen LogP contribution in [0.15, 0.2) is 12.1 Å². The summed E-state index contributed by atoms with van der Waals surface area (Å²) in [5.41, 5.74) is 5.19. The summed E-state index contributed by atoms with van der Waals surface area (Å²) < 4.78 is 6.50. The van der Waals surface area contributed by atoms with Gasteiger partial charge in [-0.1, -0.05) is 0 Å². The summed E-state index contributed by atoms with van der Waals surface area (Å²) in [5, 5.41) is 0. The number of rotatable bonds is 3. The molecule has 0 bridgehead atoms. The van der Waals surface area contributed by atoms with Gasteiger partial charge in [-0.3, -0.25) is 4.68 Å². The Morgan fingerprint density at radius 2 is 1.93 bits per heavy atom. The van der Waals surface area contributed by atoms with E-state index in [-0.39, 0.29) is 12.0 Å². The number of hydrogen-bond donors (Lipinski definition) is 1. The molecular formula is C10H16N2O2. The summed E-state index contributed by atoms with van der Waals surface area (Å²) >= 11 is 0. The molecule has 1 aromatic rings. The zero-order valence-corrected chi connectivity index (χ0v) is 9.00. The third-order valence-electron chi connectivity index (χ3n) is 2.15. The quantitative estimate of drug-likeness (QED) is 0.739. The largest absolute Gasteiger partial charge is 0.467 e. The number of ether oxygens (including phenoxy) is 1. The van der Waals surface area contributed by atoms with Crippen molar-refractivity contribution in [2.45, 2.75) is 26.8 Å². The number of hydrogen-bond acceptors (Lipinski definition) is 3. The van der Waals surface area contributed by atoms with Crippen LogP contribution < -0.4 is 5.43 Å². The van der Waals surface area contributed by atoms with Gasteiger partial charge in [0.2, 0.25) is 0 Å². The summed E-state index contributed by atoms with van der Waals surface area (Å²) in [7, 11) is 1.38. The van der Waals surface area contributed by atoms with Gasteiger partial charge in [0.25, 0.3) is 0 Å². The highest BCUT2D eigenvalue weighted by molar-refractivity contribution is 5.76. The summed E-state index contributed by atoms with van der Waals surface area (Å²) in [5.74, 6) is -0.266. The van der Waals surface area contributed by atoms with Crippen LogP contribution in [-0.2, 0) is 9.53 Å². The van der Waals surface area contributed by atoms with E-state index in [4.69, 9.17) is 0 Å². The molecule has 1 heterocycles. The maximum Gasteiger partial charge on any atom is 0.329 e. The molecule has 0 aliphatic rings. The standard InChI is InChI=1S/C10H16N2O2/c1-7-5-6-8(2)12(7)11-9(3)10(13)14-4/h5-6,9,11H,1-4H3. The lowest BCUT2D eigenvalue weighted by molar-refractivity contribution is -0.141. The van der Waals surface area contributed by atoms with E-state index in [1.54, 1.807) is 6.92 Å². The number of carbonyl (C=O) groups is 1. The van der Waals surface area contributed by atoms with Crippen LogP contribution in [0.5, 0.6) is 0 Å². The van der Waals surface area contributed by atoms with Gasteiger partial charge in [0.1, 0.15) is 6.04 Å². The van der Waals surface area contributed by atoms with Gasteiger partial charge in [-0.2, -0.15) is 0 Å². The van der Waals surface area contributed by atoms with Crippen LogP contribution in [0.3, 0.4) is 0 Å². The van der Waals surface area contributed by atoms with Gasteiger partial charge in [-0.05, 0) is 32.9 Å². The molecule has 0 aliphatic heterocycles. The van der Waals surface area contributed by atoms with Gasteiger partial charge in [-0.15, -0.1) is 0 Å². The molecule has 0 spiro atoms. The third-order valence-corrected chi connectivity index (χ3v) is 2.15. The van der Waals surface area contributed by atoms with Crippen molar-refractivity contribution >= 4 is 5.97 Å². The van der Waals surface area contributed by atoms with Crippen LogP contribution >= 0.6 is 0 Å². The number of carbonyl (C=O) groups excluding carboxylic acids is 1. The van der Waals surface area contributed by atoms with Crippen molar-refractivity contribution in [1.29, 1.82) is 0 Å². The van der Waals surface area contributed by atoms with E-state index in [1.165, 1.54) is 7.11 Å². The maximum absolute atomic E-state index is 11.2. The van der Waals surface area contributed by atoms with E-state index >= 15 is 0 Å². The zero-order chi connectivity index (χ0) is 10.7. The Balaban J connectivity index is 2.73. The minimum atomic E-state index is -0.343. The van der Waals surface area contributed by atoms with Crippen molar-refractivity contribution < 1.29 is 9.53 Å². The summed E-state index contributed by atoms with van der Waals surface area (Å²) in [6.07, 6.45) is 0. The molecule has 0 aromatic carbocycles. The fourth-order valence-electron chi connectivity index (χ4n) is 1.30. The fourth-order valence-corrected chi connectivity index (χ4v) is 1.30. The number of esters is 1. The molecule has 4 heteroatoms. The number of nitrogens with one attached hydrogen (secondary N) is 1. The Kier molecular flexibility index (Phi) is 3.17. The molecule has 0 amide bonds. The fraction of sp³-hybridized carbons (Fsp3) is 0.500. The number of methoxy groups -OCH3 is 1. The molecule has 0 aliphatic carbocycles. The molecule has 1 rings (SSSR count). The average Bonchev–Trinajstić information content (AvgIpc) is 2.48. The van der Waals surface area contributed by atoms with Gasteiger partial charge >= 0.3 is 5.97 Å². The molecule has 4 nitrogen and oxygen atoms in total. The number of nitrogens with zero attached hydrogens (tertiary/aromatic N) is 1. The second-order valence-electron chi connectivity index (χ2n) is 3.33. The first kappa shape index (κ1) is 10.6. The average molecular weight is 196 g/mol. The predicted molar refractivity (Wildman–Crippen MR) is 54.7 cm³/mol. The highest BCUT2D eigenvalue weighted by Gasteiger charge is 2.13. The van der Waals surface area contributed by atoms with Crippen LogP contribution in [-0.4, -0.2) is 23.8 Å². The van der Waals surface area contributed by atoms with Gasteiger partial charge in [-0.25, -0.2) is 4.79 Å². The van der Waals surface area contributed by atoms with Gasteiger partial charge < -0.3 is 10.2 Å². The molecule has 14 heavy (non-hydrogen) atoms. The van der Waals surface area contributed by atoms with Crippen molar-refractivity contribution in [3.05, 3.63) is 23.5 Å². The Bertz CT molecular complexity index is 311. The lowest BCUT2D eigenvalue weighted by Crippen LogP contribution is -2.34. The molecule has 1 aromatic heterocycles. The first-order valence-corrected chi connectivity index (χ1v) is 4.55. The van der Waals surface area contributed by atoms with Crippen LogP contribution in [0.1, 0.15) is 18.3 Å². The van der Waals surface area contributed by atoms with Crippen molar-refractivity contribution in [3.8, 4) is 0 Å². The second kappa shape index (κ2) is 4.17. The highest BCUT2D eigenvalue weighted by Crippen LogP contribution is 2.05. The Labute approximate surface area is 83.8 Å². The van der Waals surface area contributed by atoms with E-state index in [0.29, 0.717) is 0 Å². The smallest absolute Gasteiger partial charge is 0.329 e. The molecule has 1 unspecified atom stereocenters. The Morgan fingerprint density at radius 3 is 2.36 bits per heavy atom. The maximum atomic E-state index is 11.2. The van der Waals surface area contributed by atoms with Crippen LogP contribution in [0.25, 0.3) is 0 Å². The van der Waals surface area contributed by atoms with Crippen molar-refractivity contribution in [1.82, 2.24) is 4.68 Å². The van der Waals surface area contributed by atoms with Crippen molar-refractivity contribution in [2.75, 3.05) is 12.5 Å². The summed E-state index contributed by atoms with van der Waals surface area (Å²) in [6, 6.07) is 3.64. The Hall–Kier alpha value is -1.45. The van der Waals surface area contributed by atoms with Gasteiger partial charge in [0, 0.05) is 11.4 Å².